The third-order valence-electron chi connectivity index (χ3n) is 4.66. The zero-order chi connectivity index (χ0) is 20.5. The van der Waals surface area contributed by atoms with Crippen molar-refractivity contribution in [3.05, 3.63) is 36.2 Å². The van der Waals surface area contributed by atoms with E-state index < -0.39 is 28.2 Å². The molecule has 0 aliphatic carbocycles. The van der Waals surface area contributed by atoms with Gasteiger partial charge >= 0.3 is 6.61 Å². The Balaban J connectivity index is 1.83. The van der Waals surface area contributed by atoms with Crippen LogP contribution in [-0.2, 0) is 10.0 Å². The van der Waals surface area contributed by atoms with Crippen molar-refractivity contribution < 1.29 is 26.3 Å². The molecular weight excluding hydrogens is 397 g/mol. The zero-order valence-corrected chi connectivity index (χ0v) is 16.2. The quantitative estimate of drug-likeness (QED) is 0.720. The van der Waals surface area contributed by atoms with E-state index in [1.165, 1.54) is 4.31 Å². The molecule has 0 N–H and O–H groups in total. The van der Waals surface area contributed by atoms with E-state index in [0.29, 0.717) is 18.3 Å². The minimum absolute atomic E-state index is 0.133. The second-order valence-electron chi connectivity index (χ2n) is 6.86. The maximum absolute atomic E-state index is 14.0. The molecule has 3 rings (SSSR count). The van der Waals surface area contributed by atoms with Gasteiger partial charge in [0.2, 0.25) is 10.0 Å². The smallest absolute Gasteiger partial charge is 0.387 e. The maximum atomic E-state index is 14.0. The fourth-order valence-corrected chi connectivity index (χ4v) is 4.83. The number of benzene rings is 1. The molecule has 0 saturated carbocycles. The number of rotatable bonds is 6. The molecule has 7 nitrogen and oxygen atoms in total. The number of halogens is 3. The van der Waals surface area contributed by atoms with E-state index in [1.54, 1.807) is 6.33 Å². The zero-order valence-electron chi connectivity index (χ0n) is 15.4. The van der Waals surface area contributed by atoms with Gasteiger partial charge in [-0.15, -0.1) is 10.2 Å². The summed E-state index contributed by atoms with van der Waals surface area (Å²) < 4.78 is 71.6. The number of piperidine rings is 1. The minimum atomic E-state index is -3.99. The Hall–Kier alpha value is -2.14. The second kappa shape index (κ2) is 8.08. The van der Waals surface area contributed by atoms with Crippen molar-refractivity contribution in [2.45, 2.75) is 50.2 Å². The molecule has 11 heteroatoms. The van der Waals surface area contributed by atoms with Gasteiger partial charge in [0.15, 0.2) is 11.6 Å². The molecule has 1 aromatic heterocycles. The van der Waals surface area contributed by atoms with Crippen molar-refractivity contribution in [2.24, 2.45) is 0 Å². The van der Waals surface area contributed by atoms with Crippen molar-refractivity contribution in [3.8, 4) is 5.75 Å². The number of nitrogens with zero attached hydrogens (tertiary/aromatic N) is 4. The third-order valence-corrected chi connectivity index (χ3v) is 6.52. The normalized spacial score (nSPS) is 18.8. The highest BCUT2D eigenvalue weighted by molar-refractivity contribution is 7.89. The van der Waals surface area contributed by atoms with Crippen LogP contribution in [0, 0.1) is 5.82 Å². The summed E-state index contributed by atoms with van der Waals surface area (Å²) >= 11 is 0. The molecule has 1 saturated heterocycles. The van der Waals surface area contributed by atoms with Gasteiger partial charge in [-0.25, -0.2) is 12.8 Å². The molecule has 1 aliphatic rings. The van der Waals surface area contributed by atoms with E-state index in [0.717, 1.165) is 18.6 Å². The Morgan fingerprint density at radius 2 is 2.04 bits per heavy atom. The van der Waals surface area contributed by atoms with Crippen LogP contribution < -0.4 is 4.74 Å². The fraction of sp³-hybridized carbons (Fsp3) is 0.529. The predicted octanol–water partition coefficient (Wildman–Crippen LogP) is 3.17. The van der Waals surface area contributed by atoms with Gasteiger partial charge in [-0.2, -0.15) is 13.1 Å². The molecule has 1 atom stereocenters. The predicted molar refractivity (Wildman–Crippen MR) is 94.2 cm³/mol. The van der Waals surface area contributed by atoms with E-state index in [-0.39, 0.29) is 29.9 Å². The van der Waals surface area contributed by atoms with E-state index in [1.807, 2.05) is 18.4 Å². The van der Waals surface area contributed by atoms with E-state index >= 15 is 0 Å². The lowest BCUT2D eigenvalue weighted by atomic mass is 9.98. The summed E-state index contributed by atoms with van der Waals surface area (Å²) in [5.74, 6) is -1.29. The van der Waals surface area contributed by atoms with Gasteiger partial charge in [0.25, 0.3) is 0 Å². The van der Waals surface area contributed by atoms with Crippen LogP contribution in [0.25, 0.3) is 0 Å². The molecule has 0 radical (unpaired) electrons. The summed E-state index contributed by atoms with van der Waals surface area (Å²) in [6.45, 7) is 1.24. The van der Waals surface area contributed by atoms with Crippen LogP contribution in [0.3, 0.4) is 0 Å². The molecule has 28 heavy (non-hydrogen) atoms. The highest BCUT2D eigenvalue weighted by Gasteiger charge is 2.33. The van der Waals surface area contributed by atoms with Crippen LogP contribution in [-0.4, -0.2) is 47.2 Å². The highest BCUT2D eigenvalue weighted by Crippen LogP contribution is 2.31. The molecular formula is C17H21F3N4O3S. The van der Waals surface area contributed by atoms with E-state index in [4.69, 9.17) is 0 Å². The van der Waals surface area contributed by atoms with Gasteiger partial charge in [-0.05, 0) is 44.9 Å². The molecule has 1 aromatic carbocycles. The number of alkyl halides is 2. The molecule has 2 heterocycles. The third kappa shape index (κ3) is 4.14. The van der Waals surface area contributed by atoms with Crippen LogP contribution in [0.1, 0.15) is 44.5 Å². The van der Waals surface area contributed by atoms with Crippen LogP contribution in [0.15, 0.2) is 29.4 Å². The van der Waals surface area contributed by atoms with Crippen molar-refractivity contribution >= 4 is 10.0 Å². The van der Waals surface area contributed by atoms with Crippen LogP contribution in [0.5, 0.6) is 5.75 Å². The lowest BCUT2D eigenvalue weighted by Crippen LogP contribution is -2.39. The molecule has 154 valence electrons. The van der Waals surface area contributed by atoms with Gasteiger partial charge < -0.3 is 9.30 Å². The minimum Gasteiger partial charge on any atom is -0.432 e. The van der Waals surface area contributed by atoms with E-state index in [2.05, 4.69) is 14.9 Å². The van der Waals surface area contributed by atoms with Gasteiger partial charge in [0.05, 0.1) is 4.90 Å². The SMILES string of the molecule is CC(C)n1cnnc1C1CCCN(S(=O)(=O)c2ccc(OC(F)F)c(F)c2)C1. The van der Waals surface area contributed by atoms with Crippen LogP contribution in [0.2, 0.25) is 0 Å². The lowest BCUT2D eigenvalue weighted by molar-refractivity contribution is -0.0522. The number of aromatic nitrogens is 3. The number of ether oxygens (including phenoxy) is 1. The summed E-state index contributed by atoms with van der Waals surface area (Å²) in [4.78, 5) is -0.308. The molecule has 0 amide bonds. The molecule has 0 spiro atoms. The summed E-state index contributed by atoms with van der Waals surface area (Å²) in [6, 6.07) is 2.79. The summed E-state index contributed by atoms with van der Waals surface area (Å²) in [7, 11) is -3.99. The van der Waals surface area contributed by atoms with Crippen LogP contribution in [0.4, 0.5) is 13.2 Å². The Kier molecular flexibility index (Phi) is 5.94. The summed E-state index contributed by atoms with van der Waals surface area (Å²) in [5.41, 5.74) is 0. The molecule has 1 fully saturated rings. The molecule has 1 aliphatic heterocycles. The number of sulfonamides is 1. The fourth-order valence-electron chi connectivity index (χ4n) is 3.30. The van der Waals surface area contributed by atoms with Crippen molar-refractivity contribution in [2.75, 3.05) is 13.1 Å². The molecule has 0 bridgehead atoms. The van der Waals surface area contributed by atoms with Crippen molar-refractivity contribution in [1.29, 1.82) is 0 Å². The van der Waals surface area contributed by atoms with Crippen molar-refractivity contribution in [3.63, 3.8) is 0 Å². The standard InChI is InChI=1S/C17H21F3N4O3S/c1-11(2)24-10-21-22-16(24)12-4-3-7-23(9-12)28(25,26)13-5-6-15(14(18)8-13)27-17(19)20/h5-6,8,10-12,17H,3-4,7,9H2,1-2H3. The average Bonchev–Trinajstić information content (AvgIpc) is 3.13. The maximum Gasteiger partial charge on any atom is 0.387 e. The van der Waals surface area contributed by atoms with Gasteiger partial charge in [-0.3, -0.25) is 0 Å². The lowest BCUT2D eigenvalue weighted by Gasteiger charge is -2.32. The Bertz CT molecular complexity index is 933. The second-order valence-corrected chi connectivity index (χ2v) is 8.80. The average molecular weight is 418 g/mol. The van der Waals surface area contributed by atoms with Gasteiger partial charge in [0, 0.05) is 25.0 Å². The first-order chi connectivity index (χ1) is 13.2. The Labute approximate surface area is 161 Å². The Morgan fingerprint density at radius 3 is 2.68 bits per heavy atom. The monoisotopic (exact) mass is 418 g/mol. The first-order valence-corrected chi connectivity index (χ1v) is 10.3. The first kappa shape index (κ1) is 20.6. The number of hydrogen-bond donors (Lipinski definition) is 0. The van der Waals surface area contributed by atoms with Crippen molar-refractivity contribution in [1.82, 2.24) is 19.1 Å². The molecule has 2 aromatic rings. The summed E-state index contributed by atoms with van der Waals surface area (Å²) in [6.07, 6.45) is 2.99. The highest BCUT2D eigenvalue weighted by atomic mass is 32.2. The van der Waals surface area contributed by atoms with Gasteiger partial charge in [-0.1, -0.05) is 0 Å². The topological polar surface area (TPSA) is 77.3 Å². The summed E-state index contributed by atoms with van der Waals surface area (Å²) in [5, 5.41) is 8.08. The van der Waals surface area contributed by atoms with E-state index in [9.17, 15) is 21.6 Å². The van der Waals surface area contributed by atoms with Crippen LogP contribution >= 0.6 is 0 Å². The molecule has 1 unspecified atom stereocenters. The first-order valence-electron chi connectivity index (χ1n) is 8.84. The van der Waals surface area contributed by atoms with Gasteiger partial charge in [0.1, 0.15) is 12.2 Å². The Morgan fingerprint density at radius 1 is 1.29 bits per heavy atom. The number of hydrogen-bond acceptors (Lipinski definition) is 5. The largest absolute Gasteiger partial charge is 0.432 e.